The Morgan fingerprint density at radius 1 is 1.02 bits per heavy atom. The van der Waals surface area contributed by atoms with E-state index < -0.39 is 74.5 Å². The van der Waals surface area contributed by atoms with Gasteiger partial charge in [-0.2, -0.15) is 0 Å². The van der Waals surface area contributed by atoms with Crippen molar-refractivity contribution in [3.8, 4) is 5.75 Å². The predicted octanol–water partition coefficient (Wildman–Crippen LogP) is 5.91. The molecule has 1 aromatic carbocycles. The van der Waals surface area contributed by atoms with Gasteiger partial charge in [0.05, 0.1) is 5.56 Å². The Morgan fingerprint density at radius 3 is 2.21 bits per heavy atom. The van der Waals surface area contributed by atoms with Gasteiger partial charge >= 0.3 is 0 Å². The Hall–Kier alpha value is -3.26. The van der Waals surface area contributed by atoms with Gasteiger partial charge in [0.2, 0.25) is 5.78 Å². The van der Waals surface area contributed by atoms with Crippen LogP contribution >= 0.6 is 0 Å². The number of aliphatic hydroxyl groups is 3. The molecule has 4 rings (SSSR count). The number of rotatable bonds is 9. The molecule has 1 saturated carbocycles. The van der Waals surface area contributed by atoms with E-state index in [-0.39, 0.29) is 35.5 Å². The molecule has 8 heteroatoms. The topological polar surface area (TPSA) is 149 Å². The van der Waals surface area contributed by atoms with E-state index in [1.807, 2.05) is 6.92 Å². The number of hydrogen-bond donors (Lipinski definition) is 4. The van der Waals surface area contributed by atoms with Gasteiger partial charge in [-0.15, -0.1) is 0 Å². The van der Waals surface area contributed by atoms with Crippen LogP contribution in [0.15, 0.2) is 35.1 Å². The first-order chi connectivity index (χ1) is 19.6. The van der Waals surface area contributed by atoms with Crippen LogP contribution in [0.4, 0.5) is 0 Å². The Kier molecular flexibility index (Phi) is 8.13. The molecular weight excluding hydrogens is 536 g/mol. The summed E-state index contributed by atoms with van der Waals surface area (Å²) in [5, 5.41) is 46.9. The molecule has 1 fully saturated rings. The molecular formula is C34H44O8. The third-order valence-electron chi connectivity index (χ3n) is 10.7. The quantitative estimate of drug-likeness (QED) is 0.208. The molecule has 8 nitrogen and oxygen atoms in total. The minimum absolute atomic E-state index is 0.0788. The van der Waals surface area contributed by atoms with E-state index in [1.165, 1.54) is 6.07 Å². The minimum atomic E-state index is -2.78. The van der Waals surface area contributed by atoms with E-state index in [1.54, 1.807) is 39.8 Å². The van der Waals surface area contributed by atoms with Crippen LogP contribution in [0.25, 0.3) is 5.76 Å². The predicted molar refractivity (Wildman–Crippen MR) is 158 cm³/mol. The van der Waals surface area contributed by atoms with Gasteiger partial charge < -0.3 is 20.4 Å². The molecule has 3 aliphatic rings. The Morgan fingerprint density at radius 2 is 1.67 bits per heavy atom. The number of carbonyl (C=O) groups is 4. The lowest BCUT2D eigenvalue weighted by Crippen LogP contribution is -2.73. The molecule has 0 amide bonds. The van der Waals surface area contributed by atoms with Crippen molar-refractivity contribution in [2.75, 3.05) is 0 Å². The summed E-state index contributed by atoms with van der Waals surface area (Å²) in [6.07, 6.45) is 3.16. The van der Waals surface area contributed by atoms with E-state index in [9.17, 15) is 39.6 Å². The van der Waals surface area contributed by atoms with Crippen molar-refractivity contribution >= 4 is 28.9 Å². The largest absolute Gasteiger partial charge is 0.508 e. The summed E-state index contributed by atoms with van der Waals surface area (Å²) in [6.45, 7) is 11.8. The van der Waals surface area contributed by atoms with Gasteiger partial charge in [0.15, 0.2) is 17.2 Å². The molecule has 0 spiro atoms. The first-order valence-electron chi connectivity index (χ1n) is 15.1. The molecule has 0 heterocycles. The number of aliphatic hydroxyl groups excluding tert-OH is 2. The van der Waals surface area contributed by atoms with Crippen LogP contribution in [0.2, 0.25) is 0 Å². The number of phenolic OH excluding ortho intramolecular Hbond substituents is 1. The molecule has 4 N–H and O–H groups in total. The monoisotopic (exact) mass is 580 g/mol. The summed E-state index contributed by atoms with van der Waals surface area (Å²) < 4.78 is 0. The molecule has 0 aliphatic heterocycles. The Bertz CT molecular complexity index is 1420. The number of phenols is 1. The fourth-order valence-corrected chi connectivity index (χ4v) is 8.77. The lowest BCUT2D eigenvalue weighted by atomic mass is 9.36. The molecule has 0 saturated heterocycles. The fourth-order valence-electron chi connectivity index (χ4n) is 8.77. The smallest absolute Gasteiger partial charge is 0.203 e. The summed E-state index contributed by atoms with van der Waals surface area (Å²) in [5.74, 6) is -7.40. The molecule has 228 valence electrons. The van der Waals surface area contributed by atoms with Crippen molar-refractivity contribution < 1.29 is 39.6 Å². The molecule has 6 atom stereocenters. The highest BCUT2D eigenvalue weighted by Gasteiger charge is 2.77. The van der Waals surface area contributed by atoms with Gasteiger partial charge in [-0.1, -0.05) is 72.9 Å². The number of ketones is 4. The van der Waals surface area contributed by atoms with Crippen LogP contribution in [-0.2, 0) is 19.2 Å². The van der Waals surface area contributed by atoms with Gasteiger partial charge in [0, 0.05) is 35.2 Å². The summed E-state index contributed by atoms with van der Waals surface area (Å²) in [6, 6.07) is 4.88. The number of allylic oxidation sites excluding steroid dienone is 1. The lowest BCUT2D eigenvalue weighted by Gasteiger charge is -2.65. The molecule has 1 unspecified atom stereocenters. The van der Waals surface area contributed by atoms with E-state index in [4.69, 9.17) is 0 Å². The van der Waals surface area contributed by atoms with Gasteiger partial charge in [-0.05, 0) is 42.7 Å². The van der Waals surface area contributed by atoms with E-state index in [0.29, 0.717) is 12.0 Å². The van der Waals surface area contributed by atoms with Crippen LogP contribution < -0.4 is 0 Å². The van der Waals surface area contributed by atoms with Crippen LogP contribution in [0.1, 0.15) is 104 Å². The SMILES string of the molecule is CCCCC[C@@H]1c2cccc(O)c2C(O)=C2C(=O)[C@@]3(O)C(O)=C(C(C)=O)C(=O)C(C(C)C)[C@@]3(C)[C@H](CC(=O)CC)[C@]21C. The third-order valence-corrected chi connectivity index (χ3v) is 10.7. The number of aromatic hydroxyl groups is 1. The zero-order chi connectivity index (χ0) is 31.5. The molecule has 0 bridgehead atoms. The summed E-state index contributed by atoms with van der Waals surface area (Å²) in [4.78, 5) is 55.0. The van der Waals surface area contributed by atoms with Crippen molar-refractivity contribution in [1.82, 2.24) is 0 Å². The standard InChI is InChI=1S/C34H44O8/c1-8-10-11-14-21-20-13-12-15-22(37)25(20)29(39)27-31(41)34(42)30(40)24(18(5)35)28(38)26(17(3)4)33(34,7)23(32(21,27)6)16-19(36)9-2/h12-13,15,17,21,23,26,37,39-40,42H,8-11,14,16H2,1-7H3/t21-,23-,26?,32-,33-,34+/m1/s1. The minimum Gasteiger partial charge on any atom is -0.508 e. The van der Waals surface area contributed by atoms with Gasteiger partial charge in [-0.3, -0.25) is 19.2 Å². The van der Waals surface area contributed by atoms with Crippen molar-refractivity contribution in [3.05, 3.63) is 46.2 Å². The first-order valence-corrected chi connectivity index (χ1v) is 15.1. The average Bonchev–Trinajstić information content (AvgIpc) is 2.90. The van der Waals surface area contributed by atoms with Crippen LogP contribution in [-0.4, -0.2) is 49.2 Å². The zero-order valence-corrected chi connectivity index (χ0v) is 25.7. The molecule has 42 heavy (non-hydrogen) atoms. The van der Waals surface area contributed by atoms with Crippen LogP contribution in [0.5, 0.6) is 5.75 Å². The number of carbonyl (C=O) groups excluding carboxylic acids is 4. The number of benzene rings is 1. The zero-order valence-electron chi connectivity index (χ0n) is 25.7. The first kappa shape index (κ1) is 31.7. The molecule has 0 aromatic heterocycles. The van der Waals surface area contributed by atoms with E-state index in [2.05, 4.69) is 6.92 Å². The lowest BCUT2D eigenvalue weighted by molar-refractivity contribution is -0.200. The molecule has 3 aliphatic carbocycles. The van der Waals surface area contributed by atoms with Crippen molar-refractivity contribution in [1.29, 1.82) is 0 Å². The third kappa shape index (κ3) is 3.97. The maximum absolute atomic E-state index is 14.8. The summed E-state index contributed by atoms with van der Waals surface area (Å²) in [7, 11) is 0. The normalized spacial score (nSPS) is 32.5. The maximum Gasteiger partial charge on any atom is 0.203 e. The summed E-state index contributed by atoms with van der Waals surface area (Å²) in [5.41, 5.74) is -5.91. The number of hydrogen-bond acceptors (Lipinski definition) is 8. The van der Waals surface area contributed by atoms with E-state index >= 15 is 0 Å². The second-order valence-electron chi connectivity index (χ2n) is 13.1. The number of Topliss-reactive ketones (excluding diaryl/α,β-unsaturated/α-hetero) is 4. The number of unbranched alkanes of at least 4 members (excludes halogenated alkanes) is 2. The number of fused-ring (bicyclic) bond motifs is 3. The summed E-state index contributed by atoms with van der Waals surface area (Å²) >= 11 is 0. The van der Waals surface area contributed by atoms with Crippen LogP contribution in [0.3, 0.4) is 0 Å². The fraction of sp³-hybridized carbons (Fsp3) is 0.588. The molecule has 0 radical (unpaired) electrons. The highest BCUT2D eigenvalue weighted by Crippen LogP contribution is 2.71. The maximum atomic E-state index is 14.8. The van der Waals surface area contributed by atoms with Crippen LogP contribution in [0, 0.1) is 28.6 Å². The van der Waals surface area contributed by atoms with Gasteiger partial charge in [0.1, 0.15) is 28.6 Å². The van der Waals surface area contributed by atoms with Gasteiger partial charge in [0.25, 0.3) is 0 Å². The molecule has 1 aromatic rings. The second kappa shape index (κ2) is 10.8. The van der Waals surface area contributed by atoms with Crippen molar-refractivity contribution in [3.63, 3.8) is 0 Å². The van der Waals surface area contributed by atoms with E-state index in [0.717, 1.165) is 26.2 Å². The second-order valence-corrected chi connectivity index (χ2v) is 13.1. The Labute approximate surface area is 247 Å². The average molecular weight is 581 g/mol. The highest BCUT2D eigenvalue weighted by atomic mass is 16.3. The van der Waals surface area contributed by atoms with Gasteiger partial charge in [-0.25, -0.2) is 0 Å². The Balaban J connectivity index is 2.22. The van der Waals surface area contributed by atoms with Crippen molar-refractivity contribution in [2.24, 2.45) is 28.6 Å². The highest BCUT2D eigenvalue weighted by molar-refractivity contribution is 6.24. The van der Waals surface area contributed by atoms with Crippen molar-refractivity contribution in [2.45, 2.75) is 98.5 Å².